The van der Waals surface area contributed by atoms with Gasteiger partial charge in [-0.1, -0.05) is 0 Å². The van der Waals surface area contributed by atoms with Crippen LogP contribution >= 0.6 is 82.3 Å². The first-order valence-electron chi connectivity index (χ1n) is 23.1. The van der Waals surface area contributed by atoms with E-state index in [1.54, 1.807) is 123 Å². The first-order valence-corrected chi connectivity index (χ1v) is 29.3. The minimum Gasteiger partial charge on any atom is -0.465 e. The average Bonchev–Trinajstić information content (AvgIpc) is 4.05. The van der Waals surface area contributed by atoms with Crippen LogP contribution in [0, 0.1) is 0 Å². The first-order chi connectivity index (χ1) is 33.0. The molecule has 0 saturated carbocycles. The standard InChI is InChI=1S/C49H58O15S7/c1-16-54-22(50)19-65-38-32-28(57-43(4,5)61-32)25(29-33(38)62-44(6,7)58-29)49(53,26-30-34(63-45(8,9)59-30)39(66-20-23(51)55-17-2)35-31(26)60-46(10,11)64-35)27-36-41(70-47(12,13)68-36)40(67-21-24(52)56-18-3)42-37(27)69-48(14,15)71-42/h53H,16-21H2,1-15H3. The largest absolute Gasteiger partial charge is 0.465 e. The molecule has 15 nitrogen and oxygen atoms in total. The second-order valence-corrected chi connectivity index (χ2v) is 29.7. The third kappa shape index (κ3) is 9.64. The SMILES string of the molecule is CCOC(=O)CSc1c2c(c(C(O)(c3c4c(c(SCC(=O)OCC)c5c3OC(C)(C)O5)OC(C)(C)O4)c3c4c(c(SCC(=O)OCC)c5c3SC(C)(C)S5)SC(C)(C)S4)c3c1OC(C)(C)O3)OC(C)(C)O2. The van der Waals surface area contributed by atoms with Gasteiger partial charge in [0.1, 0.15) is 9.79 Å². The quantitative estimate of drug-likeness (QED) is 0.0658. The lowest BCUT2D eigenvalue weighted by molar-refractivity contribution is -0.140. The molecule has 6 aliphatic rings. The number of rotatable bonds is 15. The van der Waals surface area contributed by atoms with Crippen LogP contribution in [0.1, 0.15) is 121 Å². The fourth-order valence-electron chi connectivity index (χ4n) is 8.89. The van der Waals surface area contributed by atoms with E-state index in [9.17, 15) is 14.4 Å². The van der Waals surface area contributed by atoms with Crippen LogP contribution in [0.2, 0.25) is 0 Å². The molecular weight excluding hydrogens is 1050 g/mol. The molecule has 0 bridgehead atoms. The molecule has 0 spiro atoms. The van der Waals surface area contributed by atoms with Gasteiger partial charge < -0.3 is 57.2 Å². The molecule has 0 aliphatic carbocycles. The van der Waals surface area contributed by atoms with Gasteiger partial charge in [-0.15, -0.1) is 82.3 Å². The van der Waals surface area contributed by atoms with Crippen molar-refractivity contribution in [3.8, 4) is 46.0 Å². The van der Waals surface area contributed by atoms with Gasteiger partial charge in [-0.2, -0.15) is 0 Å². The Morgan fingerprint density at radius 2 is 0.676 bits per heavy atom. The van der Waals surface area contributed by atoms with Gasteiger partial charge in [0, 0.05) is 85.4 Å². The highest BCUT2D eigenvalue weighted by molar-refractivity contribution is 8.22. The number of hydrogen-bond acceptors (Lipinski definition) is 22. The van der Waals surface area contributed by atoms with Crippen molar-refractivity contribution in [2.75, 3.05) is 37.1 Å². The zero-order valence-electron chi connectivity index (χ0n) is 42.3. The Morgan fingerprint density at radius 3 is 0.958 bits per heavy atom. The summed E-state index contributed by atoms with van der Waals surface area (Å²) in [6, 6.07) is 0. The maximum atomic E-state index is 15.5. The second kappa shape index (κ2) is 18.3. The minimum absolute atomic E-state index is 0.0621. The van der Waals surface area contributed by atoms with Crippen molar-refractivity contribution in [3.05, 3.63) is 16.7 Å². The predicted octanol–water partition coefficient (Wildman–Crippen LogP) is 11.8. The summed E-state index contributed by atoms with van der Waals surface area (Å²) in [5, 5.41) is 15.5. The Hall–Kier alpha value is -3.12. The number of thioether (sulfide) groups is 7. The summed E-state index contributed by atoms with van der Waals surface area (Å²) in [4.78, 5) is 44.2. The van der Waals surface area contributed by atoms with E-state index in [1.807, 2.05) is 0 Å². The van der Waals surface area contributed by atoms with Gasteiger partial charge in [-0.25, -0.2) is 0 Å². The topological polar surface area (TPSA) is 173 Å². The number of aliphatic hydroxyl groups is 1. The van der Waals surface area contributed by atoms with Gasteiger partial charge in [0.05, 0.1) is 56.4 Å². The van der Waals surface area contributed by atoms with Crippen LogP contribution < -0.4 is 37.9 Å². The van der Waals surface area contributed by atoms with Crippen LogP contribution in [0.3, 0.4) is 0 Å². The zero-order valence-corrected chi connectivity index (χ0v) is 48.0. The molecule has 0 aromatic heterocycles. The van der Waals surface area contributed by atoms with Gasteiger partial charge in [0.25, 0.3) is 0 Å². The number of benzene rings is 3. The lowest BCUT2D eigenvalue weighted by atomic mass is 9.77. The molecule has 1 N–H and O–H groups in total. The Bertz CT molecular complexity index is 2340. The lowest BCUT2D eigenvalue weighted by Crippen LogP contribution is -2.36. The maximum Gasteiger partial charge on any atom is 0.316 e. The fourth-order valence-corrected chi connectivity index (χ4v) is 18.0. The third-order valence-corrected chi connectivity index (χ3v) is 20.1. The molecule has 6 heterocycles. The smallest absolute Gasteiger partial charge is 0.316 e. The van der Waals surface area contributed by atoms with E-state index in [0.717, 1.165) is 48.0 Å². The van der Waals surface area contributed by atoms with E-state index >= 15 is 5.11 Å². The summed E-state index contributed by atoms with van der Waals surface area (Å²) in [5.74, 6) is -5.35. The summed E-state index contributed by atoms with van der Waals surface area (Å²) >= 11 is 10.2. The zero-order chi connectivity index (χ0) is 51.6. The van der Waals surface area contributed by atoms with E-state index in [2.05, 4.69) is 27.7 Å². The van der Waals surface area contributed by atoms with Crippen molar-refractivity contribution in [1.29, 1.82) is 0 Å². The predicted molar refractivity (Wildman–Crippen MR) is 276 cm³/mol. The van der Waals surface area contributed by atoms with Crippen LogP contribution in [-0.4, -0.2) is 91.4 Å². The molecule has 9 rings (SSSR count). The highest BCUT2D eigenvalue weighted by atomic mass is 32.2. The van der Waals surface area contributed by atoms with Crippen molar-refractivity contribution < 1.29 is 71.6 Å². The summed E-state index contributed by atoms with van der Waals surface area (Å²) < 4.78 is 69.9. The highest BCUT2D eigenvalue weighted by Crippen LogP contribution is 2.74. The Morgan fingerprint density at radius 1 is 0.423 bits per heavy atom. The Kier molecular flexibility index (Phi) is 13.6. The van der Waals surface area contributed by atoms with E-state index in [1.165, 1.54) is 11.8 Å². The third-order valence-electron chi connectivity index (χ3n) is 11.0. The summed E-state index contributed by atoms with van der Waals surface area (Å²) in [5.41, 5.74) is -1.75. The van der Waals surface area contributed by atoms with Crippen molar-refractivity contribution >= 4 is 100 Å². The normalized spacial score (nSPS) is 19.9. The van der Waals surface area contributed by atoms with E-state index in [-0.39, 0.29) is 100 Å². The van der Waals surface area contributed by atoms with Crippen molar-refractivity contribution in [2.45, 2.75) is 175 Å². The van der Waals surface area contributed by atoms with E-state index in [0.29, 0.717) is 15.4 Å². The molecule has 3 aromatic rings. The minimum atomic E-state index is -2.43. The summed E-state index contributed by atoms with van der Waals surface area (Å²) in [6.45, 7) is 28.4. The highest BCUT2D eigenvalue weighted by Gasteiger charge is 2.61. The molecular formula is C49H58O15S7. The number of esters is 3. The van der Waals surface area contributed by atoms with Gasteiger partial charge in [-0.3, -0.25) is 14.4 Å². The number of ether oxygens (including phenoxy) is 11. The molecule has 22 heteroatoms. The van der Waals surface area contributed by atoms with E-state index < -0.39 is 48.8 Å². The average molecular weight is 1110 g/mol. The molecule has 0 unspecified atom stereocenters. The van der Waals surface area contributed by atoms with Crippen LogP contribution in [-0.2, 0) is 34.2 Å². The number of hydrogen-bond donors (Lipinski definition) is 1. The molecule has 386 valence electrons. The Labute approximate surface area is 443 Å². The van der Waals surface area contributed by atoms with Gasteiger partial charge in [-0.05, 0) is 48.5 Å². The van der Waals surface area contributed by atoms with Gasteiger partial charge >= 0.3 is 17.9 Å². The van der Waals surface area contributed by atoms with Crippen LogP contribution in [0.4, 0.5) is 0 Å². The molecule has 0 radical (unpaired) electrons. The van der Waals surface area contributed by atoms with Crippen molar-refractivity contribution in [2.24, 2.45) is 0 Å². The molecule has 0 atom stereocenters. The summed E-state index contributed by atoms with van der Waals surface area (Å²) in [7, 11) is 0. The van der Waals surface area contributed by atoms with E-state index in [4.69, 9.17) is 52.1 Å². The van der Waals surface area contributed by atoms with Gasteiger partial charge in [0.2, 0.25) is 23.1 Å². The molecule has 0 saturated heterocycles. The summed E-state index contributed by atoms with van der Waals surface area (Å²) in [6.07, 6.45) is 0. The monoisotopic (exact) mass is 1110 g/mol. The maximum absolute atomic E-state index is 15.5. The Balaban J connectivity index is 1.46. The molecule has 0 amide bonds. The second-order valence-electron chi connectivity index (χ2n) is 19.7. The van der Waals surface area contributed by atoms with Crippen molar-refractivity contribution in [1.82, 2.24) is 0 Å². The molecule has 0 fully saturated rings. The molecule has 3 aromatic carbocycles. The van der Waals surface area contributed by atoms with Crippen LogP contribution in [0.25, 0.3) is 0 Å². The van der Waals surface area contributed by atoms with Crippen LogP contribution in [0.5, 0.6) is 46.0 Å². The van der Waals surface area contributed by atoms with Crippen molar-refractivity contribution in [3.63, 3.8) is 0 Å². The molecule has 71 heavy (non-hydrogen) atoms. The number of fused-ring (bicyclic) bond motifs is 6. The number of carbonyl (C=O) groups is 3. The molecule has 6 aliphatic heterocycles. The lowest BCUT2D eigenvalue weighted by Gasteiger charge is -2.36. The van der Waals surface area contributed by atoms with Gasteiger partial charge in [0.15, 0.2) is 51.6 Å². The van der Waals surface area contributed by atoms with Crippen LogP contribution in [0.15, 0.2) is 34.3 Å². The fraction of sp³-hybridized carbons (Fsp3) is 0.571. The first kappa shape index (κ1) is 52.7. The number of carbonyl (C=O) groups excluding carboxylic acids is 3.